The smallest absolute Gasteiger partial charge is 0.348 e. The molecule has 3 rings (SSSR count). The summed E-state index contributed by atoms with van der Waals surface area (Å²) < 4.78 is 3.48. The first-order valence-electron chi connectivity index (χ1n) is 8.71. The van der Waals surface area contributed by atoms with Crippen LogP contribution in [0.2, 0.25) is 0 Å². The lowest BCUT2D eigenvalue weighted by atomic mass is 9.95. The fraction of sp³-hybridized carbons (Fsp3) is 0.588. The van der Waals surface area contributed by atoms with Gasteiger partial charge in [-0.05, 0) is 32.8 Å². The highest BCUT2D eigenvalue weighted by Crippen LogP contribution is 2.28. The molecule has 1 amide bonds. The van der Waals surface area contributed by atoms with E-state index in [4.69, 9.17) is 5.73 Å². The third-order valence-corrected chi connectivity index (χ3v) is 4.64. The third-order valence-electron chi connectivity index (χ3n) is 4.64. The van der Waals surface area contributed by atoms with E-state index >= 15 is 0 Å². The summed E-state index contributed by atoms with van der Waals surface area (Å²) in [5.41, 5.74) is 6.51. The number of hydrogen-bond acceptors (Lipinski definition) is 5. The highest BCUT2D eigenvalue weighted by Gasteiger charge is 2.22. The minimum absolute atomic E-state index is 0.00670. The molecule has 2 aromatic heterocycles. The van der Waals surface area contributed by atoms with Crippen LogP contribution in [0, 0.1) is 13.8 Å². The van der Waals surface area contributed by atoms with Gasteiger partial charge < -0.3 is 5.73 Å². The Kier molecular flexibility index (Phi) is 4.96. The van der Waals surface area contributed by atoms with Gasteiger partial charge in [0.05, 0.1) is 19.0 Å². The van der Waals surface area contributed by atoms with Gasteiger partial charge in [-0.1, -0.05) is 19.3 Å². The largest absolute Gasteiger partial charge is 0.369 e. The molecule has 2 heterocycles. The molecule has 8 nitrogen and oxygen atoms in total. The molecule has 134 valence electrons. The van der Waals surface area contributed by atoms with Crippen LogP contribution in [0.5, 0.6) is 0 Å². The van der Waals surface area contributed by atoms with Crippen molar-refractivity contribution < 1.29 is 4.79 Å². The molecule has 8 heteroatoms. The summed E-state index contributed by atoms with van der Waals surface area (Å²) in [6.45, 7) is 3.97. The van der Waals surface area contributed by atoms with E-state index in [2.05, 4.69) is 15.1 Å². The average molecular weight is 344 g/mol. The second-order valence-electron chi connectivity index (χ2n) is 6.73. The Morgan fingerprint density at radius 2 is 1.96 bits per heavy atom. The molecule has 0 atom stereocenters. The predicted molar refractivity (Wildman–Crippen MR) is 92.1 cm³/mol. The first-order valence-corrected chi connectivity index (χ1v) is 8.71. The molecule has 1 fully saturated rings. The van der Waals surface area contributed by atoms with E-state index < -0.39 is 5.91 Å². The Morgan fingerprint density at radius 1 is 1.24 bits per heavy atom. The molecule has 2 N–H and O–H groups in total. The van der Waals surface area contributed by atoms with Gasteiger partial charge in [0.1, 0.15) is 5.82 Å². The van der Waals surface area contributed by atoms with Gasteiger partial charge in [0.25, 0.3) is 0 Å². The zero-order valence-electron chi connectivity index (χ0n) is 14.7. The number of nitrogens with two attached hydrogens (primary N) is 1. The van der Waals surface area contributed by atoms with Crippen LogP contribution in [0.25, 0.3) is 0 Å². The number of amides is 1. The van der Waals surface area contributed by atoms with Crippen LogP contribution in [0.3, 0.4) is 0 Å². The normalized spacial score (nSPS) is 15.4. The molecular formula is C17H24N6O2. The fourth-order valence-electron chi connectivity index (χ4n) is 3.47. The number of rotatable bonds is 5. The summed E-state index contributed by atoms with van der Waals surface area (Å²) >= 11 is 0. The van der Waals surface area contributed by atoms with Crippen LogP contribution < -0.4 is 11.4 Å². The van der Waals surface area contributed by atoms with Crippen molar-refractivity contribution in [1.82, 2.24) is 24.3 Å². The quantitative estimate of drug-likeness (QED) is 0.871. The summed E-state index contributed by atoms with van der Waals surface area (Å²) in [5, 5.41) is 4.52. The summed E-state index contributed by atoms with van der Waals surface area (Å²) in [5.74, 6) is 0.635. The van der Waals surface area contributed by atoms with E-state index in [9.17, 15) is 9.59 Å². The number of aryl methyl sites for hydroxylation is 2. The van der Waals surface area contributed by atoms with Crippen molar-refractivity contribution in [3.8, 4) is 0 Å². The maximum Gasteiger partial charge on any atom is 0.348 e. The zero-order chi connectivity index (χ0) is 18.0. The van der Waals surface area contributed by atoms with Crippen molar-refractivity contribution in [3.63, 3.8) is 0 Å². The molecular weight excluding hydrogens is 320 g/mol. The highest BCUT2D eigenvalue weighted by molar-refractivity contribution is 5.75. The van der Waals surface area contributed by atoms with Gasteiger partial charge in [-0.25, -0.2) is 14.5 Å². The fourth-order valence-corrected chi connectivity index (χ4v) is 3.47. The molecule has 0 aromatic carbocycles. The molecule has 25 heavy (non-hydrogen) atoms. The number of aromatic nitrogens is 5. The van der Waals surface area contributed by atoms with E-state index in [1.54, 1.807) is 11.5 Å². The highest BCUT2D eigenvalue weighted by atomic mass is 16.1. The summed E-state index contributed by atoms with van der Waals surface area (Å²) in [4.78, 5) is 32.0. The molecule has 2 aromatic rings. The third kappa shape index (κ3) is 3.94. The number of carbonyl (C=O) groups excluding carboxylic acids is 1. The molecule has 1 saturated carbocycles. The Morgan fingerprint density at radius 3 is 2.60 bits per heavy atom. The van der Waals surface area contributed by atoms with Crippen molar-refractivity contribution >= 4 is 5.91 Å². The van der Waals surface area contributed by atoms with Crippen LogP contribution in [0.15, 0.2) is 10.9 Å². The number of primary amides is 1. The lowest BCUT2D eigenvalue weighted by Crippen LogP contribution is -2.28. The topological polar surface area (TPSA) is 109 Å². The molecule has 0 spiro atoms. The van der Waals surface area contributed by atoms with Crippen molar-refractivity contribution in [2.45, 2.75) is 65.0 Å². The average Bonchev–Trinajstić information content (AvgIpc) is 2.93. The van der Waals surface area contributed by atoms with Gasteiger partial charge in [0, 0.05) is 11.4 Å². The van der Waals surface area contributed by atoms with Crippen LogP contribution >= 0.6 is 0 Å². The summed E-state index contributed by atoms with van der Waals surface area (Å²) in [6.07, 6.45) is 5.61. The second-order valence-corrected chi connectivity index (χ2v) is 6.73. The molecule has 1 aliphatic carbocycles. The standard InChI is InChI=1S/C17H24N6O2/c1-11-8-12(2)22(17(25)19-11)10-16-20-15(9-14(18)24)21-23(16)13-6-4-3-5-7-13/h8,13H,3-7,9-10H2,1-2H3,(H2,18,24). The van der Waals surface area contributed by atoms with E-state index in [1.165, 1.54) is 6.42 Å². The lowest BCUT2D eigenvalue weighted by Gasteiger charge is -2.23. The maximum absolute atomic E-state index is 12.3. The summed E-state index contributed by atoms with van der Waals surface area (Å²) in [6, 6.07) is 2.12. The Bertz CT molecular complexity index is 832. The molecule has 0 bridgehead atoms. The first-order chi connectivity index (χ1) is 11.9. The second kappa shape index (κ2) is 7.16. The lowest BCUT2D eigenvalue weighted by molar-refractivity contribution is -0.117. The minimum Gasteiger partial charge on any atom is -0.369 e. The van der Waals surface area contributed by atoms with E-state index in [0.29, 0.717) is 23.9 Å². The molecule has 0 saturated heterocycles. The Hall–Kier alpha value is -2.51. The van der Waals surface area contributed by atoms with Gasteiger partial charge in [0.15, 0.2) is 5.82 Å². The van der Waals surface area contributed by atoms with Crippen LogP contribution in [-0.4, -0.2) is 30.2 Å². The van der Waals surface area contributed by atoms with E-state index in [1.807, 2.05) is 17.7 Å². The van der Waals surface area contributed by atoms with Crippen LogP contribution in [-0.2, 0) is 17.8 Å². The first kappa shape index (κ1) is 17.3. The minimum atomic E-state index is -0.460. The predicted octanol–water partition coefficient (Wildman–Crippen LogP) is 1.03. The van der Waals surface area contributed by atoms with E-state index in [-0.39, 0.29) is 18.2 Å². The van der Waals surface area contributed by atoms with Crippen molar-refractivity contribution in [3.05, 3.63) is 39.6 Å². The van der Waals surface area contributed by atoms with Crippen molar-refractivity contribution in [2.75, 3.05) is 0 Å². The Labute approximate surface area is 146 Å². The molecule has 0 unspecified atom stereocenters. The SMILES string of the molecule is Cc1cc(C)n(Cc2nc(CC(N)=O)nn2C2CCCCC2)c(=O)n1. The van der Waals surface area contributed by atoms with Gasteiger partial charge in [-0.15, -0.1) is 0 Å². The van der Waals surface area contributed by atoms with Crippen LogP contribution in [0.4, 0.5) is 0 Å². The van der Waals surface area contributed by atoms with E-state index in [0.717, 1.165) is 31.4 Å². The zero-order valence-corrected chi connectivity index (χ0v) is 14.7. The number of nitrogens with zero attached hydrogens (tertiary/aromatic N) is 5. The molecule has 0 radical (unpaired) electrons. The number of carbonyl (C=O) groups is 1. The maximum atomic E-state index is 12.3. The van der Waals surface area contributed by atoms with Crippen LogP contribution in [0.1, 0.15) is 61.2 Å². The number of hydrogen-bond donors (Lipinski definition) is 1. The van der Waals surface area contributed by atoms with Crippen molar-refractivity contribution in [1.29, 1.82) is 0 Å². The molecule has 1 aliphatic rings. The molecule has 0 aliphatic heterocycles. The summed E-state index contributed by atoms with van der Waals surface area (Å²) in [7, 11) is 0. The Balaban J connectivity index is 1.97. The monoisotopic (exact) mass is 344 g/mol. The van der Waals surface area contributed by atoms with Gasteiger partial charge in [-0.2, -0.15) is 10.1 Å². The van der Waals surface area contributed by atoms with Gasteiger partial charge in [-0.3, -0.25) is 9.36 Å². The van der Waals surface area contributed by atoms with Gasteiger partial charge in [0.2, 0.25) is 5.91 Å². The van der Waals surface area contributed by atoms with Crippen molar-refractivity contribution in [2.24, 2.45) is 5.73 Å². The van der Waals surface area contributed by atoms with Gasteiger partial charge >= 0.3 is 5.69 Å².